The lowest BCUT2D eigenvalue weighted by Gasteiger charge is -2.11. The zero-order chi connectivity index (χ0) is 18.2. The number of anilines is 2. The molecule has 0 atom stereocenters. The molecule has 2 rings (SSSR count). The summed E-state index contributed by atoms with van der Waals surface area (Å²) in [6, 6.07) is 12.0. The summed E-state index contributed by atoms with van der Waals surface area (Å²) < 4.78 is 0. The van der Waals surface area contributed by atoms with Gasteiger partial charge >= 0.3 is 0 Å². The molecule has 0 fully saturated rings. The maximum atomic E-state index is 12.2. The van der Waals surface area contributed by atoms with Gasteiger partial charge in [-0.1, -0.05) is 26.0 Å². The molecule has 0 aliphatic rings. The highest BCUT2D eigenvalue weighted by molar-refractivity contribution is 5.93. The summed E-state index contributed by atoms with van der Waals surface area (Å²) in [5.74, 6) is 0.371. The first-order valence-corrected chi connectivity index (χ1v) is 8.71. The molecule has 1 amide bonds. The molecule has 0 bridgehead atoms. The Kier molecular flexibility index (Phi) is 6.95. The lowest BCUT2D eigenvalue weighted by atomic mass is 10.0. The lowest BCUT2D eigenvalue weighted by Crippen LogP contribution is -2.27. The van der Waals surface area contributed by atoms with Crippen molar-refractivity contribution in [3.63, 3.8) is 0 Å². The van der Waals surface area contributed by atoms with Crippen LogP contribution in [0.25, 0.3) is 0 Å². The Bertz CT molecular complexity index is 680. The largest absolute Gasteiger partial charge is 0.355 e. The van der Waals surface area contributed by atoms with Crippen molar-refractivity contribution in [2.75, 3.05) is 32.5 Å². The van der Waals surface area contributed by atoms with E-state index in [0.29, 0.717) is 18.2 Å². The van der Waals surface area contributed by atoms with Crippen molar-refractivity contribution >= 4 is 17.3 Å². The van der Waals surface area contributed by atoms with Gasteiger partial charge in [-0.15, -0.1) is 0 Å². The zero-order valence-electron chi connectivity index (χ0n) is 15.5. The normalized spacial score (nSPS) is 11.0. The molecule has 5 heteroatoms. The molecule has 2 aromatic rings. The summed E-state index contributed by atoms with van der Waals surface area (Å²) in [5, 5.41) is 6.23. The van der Waals surface area contributed by atoms with E-state index in [1.165, 1.54) is 5.56 Å². The molecule has 1 aromatic carbocycles. The van der Waals surface area contributed by atoms with Crippen LogP contribution in [0.4, 0.5) is 11.4 Å². The van der Waals surface area contributed by atoms with E-state index in [0.717, 1.165) is 24.3 Å². The van der Waals surface area contributed by atoms with Gasteiger partial charge in [-0.3, -0.25) is 9.78 Å². The van der Waals surface area contributed by atoms with Gasteiger partial charge in [0.1, 0.15) is 5.69 Å². The molecule has 0 aliphatic carbocycles. The predicted molar refractivity (Wildman–Crippen MR) is 104 cm³/mol. The number of carbonyl (C=O) groups excluding carboxylic acids is 1. The number of pyridine rings is 1. The molecule has 5 nitrogen and oxygen atoms in total. The van der Waals surface area contributed by atoms with E-state index in [1.54, 1.807) is 12.3 Å². The summed E-state index contributed by atoms with van der Waals surface area (Å²) >= 11 is 0. The van der Waals surface area contributed by atoms with Crippen molar-refractivity contribution < 1.29 is 4.79 Å². The van der Waals surface area contributed by atoms with Crippen LogP contribution in [0.3, 0.4) is 0 Å². The Morgan fingerprint density at radius 3 is 2.48 bits per heavy atom. The van der Waals surface area contributed by atoms with Crippen LogP contribution in [0.5, 0.6) is 0 Å². The maximum Gasteiger partial charge on any atom is 0.269 e. The van der Waals surface area contributed by atoms with Crippen LogP contribution in [0.1, 0.15) is 42.2 Å². The predicted octanol–water partition coefficient (Wildman–Crippen LogP) is 3.63. The highest BCUT2D eigenvalue weighted by Crippen LogP contribution is 2.20. The highest BCUT2D eigenvalue weighted by atomic mass is 16.1. The molecule has 0 unspecified atom stereocenters. The van der Waals surface area contributed by atoms with Gasteiger partial charge in [0.25, 0.3) is 5.91 Å². The van der Waals surface area contributed by atoms with Gasteiger partial charge in [-0.2, -0.15) is 0 Å². The molecule has 0 spiro atoms. The standard InChI is InChI=1S/C20H28N4O/c1-15(2)16-6-8-17(9-7-16)23-18-10-12-21-19(14-18)20(25)22-11-5-13-24(3)4/h6-10,12,14-15H,5,11,13H2,1-4H3,(H,21,23)(H,22,25). The molecule has 134 valence electrons. The molecule has 0 saturated carbocycles. The number of aromatic nitrogens is 1. The first kappa shape index (κ1) is 18.9. The first-order chi connectivity index (χ1) is 12.0. The molecule has 1 aromatic heterocycles. The minimum Gasteiger partial charge on any atom is -0.355 e. The number of amides is 1. The third kappa shape index (κ3) is 6.19. The van der Waals surface area contributed by atoms with Crippen molar-refractivity contribution in [3.05, 3.63) is 53.9 Å². The SMILES string of the molecule is CC(C)c1ccc(Nc2ccnc(C(=O)NCCCN(C)C)c2)cc1. The highest BCUT2D eigenvalue weighted by Gasteiger charge is 2.08. The molecular formula is C20H28N4O. The number of hydrogen-bond acceptors (Lipinski definition) is 4. The van der Waals surface area contributed by atoms with E-state index in [9.17, 15) is 4.79 Å². The van der Waals surface area contributed by atoms with Crippen LogP contribution in [0, 0.1) is 0 Å². The van der Waals surface area contributed by atoms with E-state index < -0.39 is 0 Å². The second-order valence-corrected chi connectivity index (χ2v) is 6.74. The van der Waals surface area contributed by atoms with Gasteiger partial charge in [0.15, 0.2) is 0 Å². The first-order valence-electron chi connectivity index (χ1n) is 8.71. The maximum absolute atomic E-state index is 12.2. The van der Waals surface area contributed by atoms with Crippen LogP contribution < -0.4 is 10.6 Å². The molecule has 1 heterocycles. The third-order valence-corrected chi connectivity index (χ3v) is 3.93. The van der Waals surface area contributed by atoms with Crippen LogP contribution in [-0.2, 0) is 0 Å². The fourth-order valence-corrected chi connectivity index (χ4v) is 2.44. The van der Waals surface area contributed by atoms with Crippen LogP contribution in [0.2, 0.25) is 0 Å². The average Bonchev–Trinajstić information content (AvgIpc) is 2.59. The second kappa shape index (κ2) is 9.18. The van der Waals surface area contributed by atoms with E-state index in [4.69, 9.17) is 0 Å². The Morgan fingerprint density at radius 2 is 1.84 bits per heavy atom. The van der Waals surface area contributed by atoms with Crippen molar-refractivity contribution in [1.29, 1.82) is 0 Å². The van der Waals surface area contributed by atoms with Gasteiger partial charge in [0.2, 0.25) is 0 Å². The monoisotopic (exact) mass is 340 g/mol. The summed E-state index contributed by atoms with van der Waals surface area (Å²) in [6.45, 7) is 5.94. The number of rotatable bonds is 8. The smallest absolute Gasteiger partial charge is 0.269 e. The number of carbonyl (C=O) groups is 1. The summed E-state index contributed by atoms with van der Waals surface area (Å²) in [7, 11) is 4.04. The fourth-order valence-electron chi connectivity index (χ4n) is 2.44. The summed E-state index contributed by atoms with van der Waals surface area (Å²) in [4.78, 5) is 18.5. The van der Waals surface area contributed by atoms with Crippen molar-refractivity contribution in [2.24, 2.45) is 0 Å². The number of nitrogens with one attached hydrogen (secondary N) is 2. The fraction of sp³-hybridized carbons (Fsp3) is 0.400. The zero-order valence-corrected chi connectivity index (χ0v) is 15.5. The average molecular weight is 340 g/mol. The van der Waals surface area contributed by atoms with E-state index in [2.05, 4.69) is 58.6 Å². The van der Waals surface area contributed by atoms with Crippen molar-refractivity contribution in [2.45, 2.75) is 26.2 Å². The quantitative estimate of drug-likeness (QED) is 0.721. The Morgan fingerprint density at radius 1 is 1.12 bits per heavy atom. The van der Waals surface area contributed by atoms with E-state index >= 15 is 0 Å². The topological polar surface area (TPSA) is 57.3 Å². The van der Waals surface area contributed by atoms with Crippen molar-refractivity contribution in [1.82, 2.24) is 15.2 Å². The van der Waals surface area contributed by atoms with Gasteiger partial charge in [0.05, 0.1) is 0 Å². The number of nitrogens with zero attached hydrogens (tertiary/aromatic N) is 2. The van der Waals surface area contributed by atoms with E-state index in [1.807, 2.05) is 20.2 Å². The van der Waals surface area contributed by atoms with Crippen LogP contribution in [0.15, 0.2) is 42.6 Å². The molecular weight excluding hydrogens is 312 g/mol. The van der Waals surface area contributed by atoms with Gasteiger partial charge < -0.3 is 15.5 Å². The number of hydrogen-bond donors (Lipinski definition) is 2. The Labute approximate surface area is 150 Å². The molecule has 0 radical (unpaired) electrons. The minimum atomic E-state index is -0.141. The third-order valence-electron chi connectivity index (χ3n) is 3.93. The summed E-state index contributed by atoms with van der Waals surface area (Å²) in [6.07, 6.45) is 2.57. The Balaban J connectivity index is 1.94. The van der Waals surface area contributed by atoms with Gasteiger partial charge in [-0.25, -0.2) is 0 Å². The van der Waals surface area contributed by atoms with Crippen molar-refractivity contribution in [3.8, 4) is 0 Å². The molecule has 2 N–H and O–H groups in total. The Hall–Kier alpha value is -2.40. The van der Waals surface area contributed by atoms with Gasteiger partial charge in [-0.05, 0) is 62.8 Å². The summed E-state index contributed by atoms with van der Waals surface area (Å²) in [5.41, 5.74) is 3.57. The second-order valence-electron chi connectivity index (χ2n) is 6.74. The lowest BCUT2D eigenvalue weighted by molar-refractivity contribution is 0.0947. The van der Waals surface area contributed by atoms with Gasteiger partial charge in [0, 0.05) is 24.1 Å². The molecule has 0 saturated heterocycles. The van der Waals surface area contributed by atoms with Crippen LogP contribution in [-0.4, -0.2) is 43.0 Å². The van der Waals surface area contributed by atoms with E-state index in [-0.39, 0.29) is 5.91 Å². The molecule has 0 aliphatic heterocycles. The minimum absolute atomic E-state index is 0.141. The van der Waals surface area contributed by atoms with Crippen LogP contribution >= 0.6 is 0 Å². The molecule has 25 heavy (non-hydrogen) atoms. The number of benzene rings is 1.